The Balaban J connectivity index is 1.75. The fraction of sp³-hybridized carbons (Fsp3) is 0.467. The van der Waals surface area contributed by atoms with E-state index >= 15 is 0 Å². The van der Waals surface area contributed by atoms with E-state index in [2.05, 4.69) is 15.1 Å². The van der Waals surface area contributed by atoms with Crippen molar-refractivity contribution in [2.45, 2.75) is 17.3 Å². The molecular weight excluding hydrogens is 330 g/mol. The van der Waals surface area contributed by atoms with E-state index < -0.39 is 0 Å². The molecule has 8 nitrogen and oxygen atoms in total. The Labute approximate surface area is 144 Å². The third kappa shape index (κ3) is 3.51. The summed E-state index contributed by atoms with van der Waals surface area (Å²) in [6, 6.07) is 6.71. The zero-order chi connectivity index (χ0) is 17.1. The molecule has 0 amide bonds. The summed E-state index contributed by atoms with van der Waals surface area (Å²) in [6.07, 6.45) is 0. The summed E-state index contributed by atoms with van der Waals surface area (Å²) >= 11 is 1.54. The van der Waals surface area contributed by atoms with E-state index in [4.69, 9.17) is 4.74 Å². The number of morpholine rings is 1. The van der Waals surface area contributed by atoms with Crippen molar-refractivity contribution in [2.75, 3.05) is 31.2 Å². The van der Waals surface area contributed by atoms with Crippen LogP contribution in [0.25, 0.3) is 0 Å². The van der Waals surface area contributed by atoms with Crippen molar-refractivity contribution in [3.63, 3.8) is 0 Å². The number of aromatic nitrogens is 3. The highest BCUT2D eigenvalue weighted by Gasteiger charge is 2.20. The van der Waals surface area contributed by atoms with Gasteiger partial charge in [0.1, 0.15) is 0 Å². The van der Waals surface area contributed by atoms with Gasteiger partial charge < -0.3 is 9.64 Å². The zero-order valence-electron chi connectivity index (χ0n) is 13.6. The normalized spacial score (nSPS) is 16.2. The topological polar surface area (TPSA) is 86.3 Å². The zero-order valence-corrected chi connectivity index (χ0v) is 14.4. The summed E-state index contributed by atoms with van der Waals surface area (Å²) in [6.45, 7) is 5.00. The van der Waals surface area contributed by atoms with E-state index in [1.165, 1.54) is 17.8 Å². The lowest BCUT2D eigenvalue weighted by molar-refractivity contribution is -0.384. The van der Waals surface area contributed by atoms with Crippen LogP contribution < -0.4 is 4.90 Å². The van der Waals surface area contributed by atoms with Crippen LogP contribution in [0, 0.1) is 10.1 Å². The van der Waals surface area contributed by atoms with Crippen molar-refractivity contribution in [1.29, 1.82) is 0 Å². The maximum Gasteiger partial charge on any atom is 0.269 e. The SMILES string of the molecule is CC(Sc1nnc(N2CCOCC2)n1C)c1cccc([N+](=O)[O-])c1. The largest absolute Gasteiger partial charge is 0.378 e. The molecule has 0 aliphatic carbocycles. The summed E-state index contributed by atoms with van der Waals surface area (Å²) in [5, 5.41) is 20.3. The number of nitro benzene ring substituents is 1. The quantitative estimate of drug-likeness (QED) is 0.465. The molecule has 0 radical (unpaired) electrons. The van der Waals surface area contributed by atoms with E-state index in [9.17, 15) is 10.1 Å². The number of benzene rings is 1. The van der Waals surface area contributed by atoms with Gasteiger partial charge in [0.15, 0.2) is 5.16 Å². The minimum Gasteiger partial charge on any atom is -0.378 e. The summed E-state index contributed by atoms with van der Waals surface area (Å²) in [5.74, 6) is 0.826. The van der Waals surface area contributed by atoms with E-state index in [1.807, 2.05) is 24.6 Å². The van der Waals surface area contributed by atoms with Gasteiger partial charge in [0.2, 0.25) is 5.95 Å². The lowest BCUT2D eigenvalue weighted by Gasteiger charge is -2.27. The average Bonchev–Trinajstić information content (AvgIpc) is 2.96. The van der Waals surface area contributed by atoms with Gasteiger partial charge in [0, 0.05) is 37.5 Å². The van der Waals surface area contributed by atoms with Gasteiger partial charge in [-0.15, -0.1) is 10.2 Å². The maximum absolute atomic E-state index is 10.9. The molecule has 1 saturated heterocycles. The van der Waals surface area contributed by atoms with Crippen molar-refractivity contribution in [2.24, 2.45) is 7.05 Å². The average molecular weight is 349 g/mol. The Morgan fingerprint density at radius 1 is 1.33 bits per heavy atom. The van der Waals surface area contributed by atoms with Crippen LogP contribution in [0.15, 0.2) is 29.4 Å². The minimum atomic E-state index is -0.375. The van der Waals surface area contributed by atoms with Crippen LogP contribution in [0.2, 0.25) is 0 Å². The number of rotatable bonds is 5. The third-order valence-corrected chi connectivity index (χ3v) is 5.13. The fourth-order valence-corrected chi connectivity index (χ4v) is 3.49. The van der Waals surface area contributed by atoms with E-state index in [-0.39, 0.29) is 15.9 Å². The standard InChI is InChI=1S/C15H19N5O3S/c1-11(12-4-3-5-13(10-12)20(21)22)24-15-17-16-14(18(15)2)19-6-8-23-9-7-19/h3-5,10-11H,6-9H2,1-2H3. The van der Waals surface area contributed by atoms with Crippen LogP contribution >= 0.6 is 11.8 Å². The molecular formula is C15H19N5O3S. The van der Waals surface area contributed by atoms with Crippen molar-refractivity contribution in [1.82, 2.24) is 14.8 Å². The number of hydrogen-bond acceptors (Lipinski definition) is 7. The highest BCUT2D eigenvalue weighted by Crippen LogP contribution is 2.35. The molecule has 1 unspecified atom stereocenters. The van der Waals surface area contributed by atoms with Gasteiger partial charge in [-0.1, -0.05) is 23.9 Å². The van der Waals surface area contributed by atoms with Crippen LogP contribution in [-0.4, -0.2) is 46.0 Å². The van der Waals surface area contributed by atoms with Gasteiger partial charge in [0.25, 0.3) is 5.69 Å². The van der Waals surface area contributed by atoms with Crippen LogP contribution in [0.4, 0.5) is 11.6 Å². The first kappa shape index (κ1) is 16.7. The highest BCUT2D eigenvalue weighted by molar-refractivity contribution is 7.99. The van der Waals surface area contributed by atoms with Crippen molar-refractivity contribution in [3.8, 4) is 0 Å². The smallest absolute Gasteiger partial charge is 0.269 e. The van der Waals surface area contributed by atoms with Gasteiger partial charge in [-0.05, 0) is 12.5 Å². The monoisotopic (exact) mass is 349 g/mol. The van der Waals surface area contributed by atoms with Gasteiger partial charge in [-0.2, -0.15) is 0 Å². The molecule has 1 fully saturated rings. The molecule has 1 aromatic carbocycles. The van der Waals surface area contributed by atoms with Crippen LogP contribution in [0.5, 0.6) is 0 Å². The second-order valence-corrected chi connectivity index (χ2v) is 6.86. The number of nitro groups is 1. The molecule has 3 rings (SSSR count). The highest BCUT2D eigenvalue weighted by atomic mass is 32.2. The molecule has 0 bridgehead atoms. The number of non-ortho nitro benzene ring substituents is 1. The number of thioether (sulfide) groups is 1. The molecule has 0 saturated carbocycles. The number of ether oxygens (including phenoxy) is 1. The van der Waals surface area contributed by atoms with Crippen molar-refractivity contribution < 1.29 is 9.66 Å². The molecule has 1 aromatic heterocycles. The van der Waals surface area contributed by atoms with Crippen LogP contribution in [0.3, 0.4) is 0 Å². The summed E-state index contributed by atoms with van der Waals surface area (Å²) in [7, 11) is 1.94. The van der Waals surface area contributed by atoms with E-state index in [0.717, 1.165) is 29.8 Å². The van der Waals surface area contributed by atoms with Gasteiger partial charge in [-0.3, -0.25) is 14.7 Å². The molecule has 0 N–H and O–H groups in total. The Bertz CT molecular complexity index is 730. The minimum absolute atomic E-state index is 0.0327. The second-order valence-electron chi connectivity index (χ2n) is 5.55. The molecule has 2 heterocycles. The van der Waals surface area contributed by atoms with Crippen LogP contribution in [0.1, 0.15) is 17.7 Å². The number of nitrogens with zero attached hydrogens (tertiary/aromatic N) is 5. The Kier molecular flexibility index (Phi) is 5.00. The first-order chi connectivity index (χ1) is 11.6. The predicted molar refractivity (Wildman–Crippen MR) is 91.4 cm³/mol. The van der Waals surface area contributed by atoms with E-state index in [1.54, 1.807) is 12.1 Å². The van der Waals surface area contributed by atoms with Crippen molar-refractivity contribution >= 4 is 23.4 Å². The molecule has 2 aromatic rings. The van der Waals surface area contributed by atoms with Crippen molar-refractivity contribution in [3.05, 3.63) is 39.9 Å². The molecule has 24 heavy (non-hydrogen) atoms. The molecule has 1 aliphatic heterocycles. The fourth-order valence-electron chi connectivity index (χ4n) is 2.57. The number of hydrogen-bond donors (Lipinski definition) is 0. The summed E-state index contributed by atoms with van der Waals surface area (Å²) < 4.78 is 7.32. The van der Waals surface area contributed by atoms with Gasteiger partial charge >= 0.3 is 0 Å². The second kappa shape index (κ2) is 7.18. The molecule has 128 valence electrons. The lowest BCUT2D eigenvalue weighted by atomic mass is 10.1. The summed E-state index contributed by atoms with van der Waals surface area (Å²) in [5.41, 5.74) is 0.997. The third-order valence-electron chi connectivity index (χ3n) is 3.94. The first-order valence-corrected chi connectivity index (χ1v) is 8.57. The number of anilines is 1. The van der Waals surface area contributed by atoms with Gasteiger partial charge in [-0.25, -0.2) is 0 Å². The summed E-state index contributed by atoms with van der Waals surface area (Å²) in [4.78, 5) is 12.7. The molecule has 0 spiro atoms. The lowest BCUT2D eigenvalue weighted by Crippen LogP contribution is -2.37. The Hall–Kier alpha value is -2.13. The molecule has 9 heteroatoms. The van der Waals surface area contributed by atoms with Gasteiger partial charge in [0.05, 0.1) is 18.1 Å². The maximum atomic E-state index is 10.9. The molecule has 1 aliphatic rings. The van der Waals surface area contributed by atoms with Crippen LogP contribution in [-0.2, 0) is 11.8 Å². The molecule has 1 atom stereocenters. The van der Waals surface area contributed by atoms with E-state index in [0.29, 0.717) is 13.2 Å². The predicted octanol–water partition coefficient (Wildman–Crippen LogP) is 2.41. The first-order valence-electron chi connectivity index (χ1n) is 7.69. The Morgan fingerprint density at radius 3 is 2.79 bits per heavy atom. The Morgan fingerprint density at radius 2 is 2.08 bits per heavy atom.